The second-order valence-electron chi connectivity index (χ2n) is 3.76. The lowest BCUT2D eigenvalue weighted by Gasteiger charge is -2.38. The summed E-state index contributed by atoms with van der Waals surface area (Å²) in [5.74, 6) is -1.27. The summed E-state index contributed by atoms with van der Waals surface area (Å²) >= 11 is 12.6. The van der Waals surface area contributed by atoms with Crippen molar-refractivity contribution in [1.82, 2.24) is 0 Å². The minimum Gasteiger partial charge on any atom is -0.479 e. The molecule has 18 heavy (non-hydrogen) atoms. The van der Waals surface area contributed by atoms with Gasteiger partial charge in [-0.05, 0) is 0 Å². The van der Waals surface area contributed by atoms with Gasteiger partial charge in [0.2, 0.25) is 0 Å². The lowest BCUT2D eigenvalue weighted by atomic mass is 10.0. The Morgan fingerprint density at radius 1 is 1.44 bits per heavy atom. The van der Waals surface area contributed by atoms with Crippen LogP contribution in [-0.4, -0.2) is 60.9 Å². The molecular weight excluding hydrogens is 404 g/mol. The van der Waals surface area contributed by atoms with Crippen molar-refractivity contribution >= 4 is 51.8 Å². The van der Waals surface area contributed by atoms with E-state index in [9.17, 15) is 15.0 Å². The highest BCUT2D eigenvalue weighted by Gasteiger charge is 2.47. The second kappa shape index (κ2) is 6.35. The van der Waals surface area contributed by atoms with Gasteiger partial charge in [0.05, 0.1) is 16.6 Å². The maximum atomic E-state index is 10.9. The number of aliphatic hydroxyl groups excluding tert-OH is 2. The molecule has 1 saturated heterocycles. The molecule has 1 rings (SSSR count). The number of hydrogen-bond donors (Lipinski definition) is 4. The van der Waals surface area contributed by atoms with Crippen LogP contribution in [-0.2, 0) is 14.3 Å². The van der Waals surface area contributed by atoms with Crippen molar-refractivity contribution in [3.8, 4) is 0 Å². The summed E-state index contributed by atoms with van der Waals surface area (Å²) in [4.78, 5) is 10.9. The maximum Gasteiger partial charge on any atom is 0.334 e. The first kappa shape index (κ1) is 16.6. The summed E-state index contributed by atoms with van der Waals surface area (Å²) in [5, 5.41) is 28.3. The molecule has 5 N–H and O–H groups in total. The molecule has 0 aliphatic carbocycles. The van der Waals surface area contributed by atoms with E-state index in [1.54, 1.807) is 22.6 Å². The zero-order chi connectivity index (χ0) is 14.1. The van der Waals surface area contributed by atoms with Crippen LogP contribution in [0.4, 0.5) is 0 Å². The molecule has 5 atom stereocenters. The lowest BCUT2D eigenvalue weighted by Crippen LogP contribution is -2.58. The number of ether oxygens (including phenoxy) is 2. The van der Waals surface area contributed by atoms with Gasteiger partial charge in [-0.2, -0.15) is 0 Å². The fourth-order valence-electron chi connectivity index (χ4n) is 1.35. The van der Waals surface area contributed by atoms with Gasteiger partial charge in [0.25, 0.3) is 0 Å². The molecule has 1 fully saturated rings. The summed E-state index contributed by atoms with van der Waals surface area (Å²) in [5.41, 5.74) is 5.24. The number of nitrogens with two attached hydrogens (primary N) is 1. The van der Waals surface area contributed by atoms with E-state index in [1.165, 1.54) is 0 Å². The monoisotopic (exact) mass is 415 g/mol. The van der Waals surface area contributed by atoms with Crippen LogP contribution >= 0.6 is 45.8 Å². The van der Waals surface area contributed by atoms with Crippen molar-refractivity contribution in [2.24, 2.45) is 5.73 Å². The first-order valence-electron chi connectivity index (χ1n) is 4.80. The van der Waals surface area contributed by atoms with Gasteiger partial charge in [-0.25, -0.2) is 4.79 Å². The Hall–Kier alpha value is 0.580. The SMILES string of the molecule is NC(Cl)(Cl)CO[C@H]1O[C@@H](C(=O)O)[C@H](I)[C@@H](O)[C@@H]1O. The standard InChI is InChI=1S/C8H12Cl2INO6/c9-8(10,12)1-17-7-4(14)3(13)2(11)5(18-7)6(15)16/h2-5,7,13-14H,1,12H2,(H,15,16)/t2-,3-,4+,5-,7+/m1/s1. The zero-order valence-electron chi connectivity index (χ0n) is 8.87. The van der Waals surface area contributed by atoms with E-state index in [0.29, 0.717) is 0 Å². The van der Waals surface area contributed by atoms with Gasteiger partial charge in [-0.1, -0.05) is 45.8 Å². The summed E-state index contributed by atoms with van der Waals surface area (Å²) in [7, 11) is 0. The number of carbonyl (C=O) groups is 1. The summed E-state index contributed by atoms with van der Waals surface area (Å²) in [6, 6.07) is 0. The highest BCUT2D eigenvalue weighted by molar-refractivity contribution is 14.1. The van der Waals surface area contributed by atoms with Crippen LogP contribution < -0.4 is 5.73 Å². The quantitative estimate of drug-likeness (QED) is 0.275. The van der Waals surface area contributed by atoms with Gasteiger partial charge in [0.15, 0.2) is 16.9 Å². The summed E-state index contributed by atoms with van der Waals surface area (Å²) in [6.45, 7) is -0.400. The number of rotatable bonds is 4. The minimum absolute atomic E-state index is 0.400. The van der Waals surface area contributed by atoms with Crippen molar-refractivity contribution in [3.63, 3.8) is 0 Å². The molecule has 1 aliphatic heterocycles. The van der Waals surface area contributed by atoms with Gasteiger partial charge in [0.1, 0.15) is 6.10 Å². The maximum absolute atomic E-state index is 10.9. The Labute approximate surface area is 126 Å². The Balaban J connectivity index is 2.70. The molecule has 0 unspecified atom stereocenters. The van der Waals surface area contributed by atoms with Crippen LogP contribution in [0.15, 0.2) is 0 Å². The van der Waals surface area contributed by atoms with Crippen molar-refractivity contribution in [2.75, 3.05) is 6.61 Å². The van der Waals surface area contributed by atoms with E-state index in [4.69, 9.17) is 43.5 Å². The molecule has 1 aliphatic rings. The third kappa shape index (κ3) is 4.30. The second-order valence-corrected chi connectivity index (χ2v) is 6.74. The molecule has 7 nitrogen and oxygen atoms in total. The summed E-state index contributed by atoms with van der Waals surface area (Å²) in [6.07, 6.45) is -5.42. The molecule has 106 valence electrons. The number of alkyl halides is 3. The van der Waals surface area contributed by atoms with Crippen LogP contribution in [0, 0.1) is 0 Å². The van der Waals surface area contributed by atoms with Gasteiger partial charge in [-0.3, -0.25) is 5.73 Å². The Morgan fingerprint density at radius 3 is 2.44 bits per heavy atom. The van der Waals surface area contributed by atoms with E-state index < -0.39 is 45.6 Å². The van der Waals surface area contributed by atoms with Gasteiger partial charge < -0.3 is 24.8 Å². The van der Waals surface area contributed by atoms with Crippen LogP contribution in [0.2, 0.25) is 0 Å². The predicted molar refractivity (Wildman–Crippen MR) is 70.7 cm³/mol. The van der Waals surface area contributed by atoms with Crippen molar-refractivity contribution < 1.29 is 29.6 Å². The molecule has 0 bridgehead atoms. The lowest BCUT2D eigenvalue weighted by molar-refractivity contribution is -0.262. The normalized spacial score (nSPS) is 37.6. The van der Waals surface area contributed by atoms with Crippen LogP contribution in [0.25, 0.3) is 0 Å². The largest absolute Gasteiger partial charge is 0.479 e. The third-order valence-electron chi connectivity index (χ3n) is 2.21. The Morgan fingerprint density at radius 2 is 2.00 bits per heavy atom. The Bertz CT molecular complexity index is 314. The topological polar surface area (TPSA) is 122 Å². The molecule has 0 aromatic heterocycles. The molecule has 0 aromatic rings. The smallest absolute Gasteiger partial charge is 0.334 e. The molecule has 0 radical (unpaired) electrons. The number of halogens is 3. The van der Waals surface area contributed by atoms with Crippen LogP contribution in [0.5, 0.6) is 0 Å². The van der Waals surface area contributed by atoms with E-state index >= 15 is 0 Å². The molecule has 0 saturated carbocycles. The van der Waals surface area contributed by atoms with E-state index in [-0.39, 0.29) is 0 Å². The predicted octanol–water partition coefficient (Wildman–Crippen LogP) is -0.572. The zero-order valence-corrected chi connectivity index (χ0v) is 12.5. The number of aliphatic hydroxyl groups is 2. The fraction of sp³-hybridized carbons (Fsp3) is 0.875. The van der Waals surface area contributed by atoms with Gasteiger partial charge in [0, 0.05) is 0 Å². The number of carboxylic acids is 1. The first-order valence-corrected chi connectivity index (χ1v) is 6.80. The van der Waals surface area contributed by atoms with E-state index in [0.717, 1.165) is 0 Å². The van der Waals surface area contributed by atoms with Crippen molar-refractivity contribution in [1.29, 1.82) is 0 Å². The van der Waals surface area contributed by atoms with E-state index in [1.807, 2.05) is 0 Å². The van der Waals surface area contributed by atoms with Gasteiger partial charge in [-0.15, -0.1) is 0 Å². The molecule has 0 aromatic carbocycles. The first-order chi connectivity index (χ1) is 8.13. The fourth-order valence-corrected chi connectivity index (χ4v) is 2.38. The highest BCUT2D eigenvalue weighted by Crippen LogP contribution is 2.28. The number of carboxylic acid groups (broad SMARTS) is 1. The minimum atomic E-state index is -1.70. The van der Waals surface area contributed by atoms with Crippen molar-refractivity contribution in [3.05, 3.63) is 0 Å². The molecule has 0 spiro atoms. The Kier molecular flexibility index (Phi) is 5.87. The van der Waals surface area contributed by atoms with Crippen LogP contribution in [0.3, 0.4) is 0 Å². The molecule has 10 heteroatoms. The highest BCUT2D eigenvalue weighted by atomic mass is 127. The average molecular weight is 416 g/mol. The molecular formula is C8H12Cl2INO6. The molecule has 0 amide bonds. The molecule has 1 heterocycles. The van der Waals surface area contributed by atoms with E-state index in [2.05, 4.69) is 0 Å². The third-order valence-corrected chi connectivity index (χ3v) is 3.82. The number of hydrogen-bond acceptors (Lipinski definition) is 6. The number of aliphatic carboxylic acids is 1. The average Bonchev–Trinajstić information content (AvgIpc) is 2.23. The van der Waals surface area contributed by atoms with Crippen molar-refractivity contribution in [2.45, 2.75) is 33.0 Å². The van der Waals surface area contributed by atoms with Gasteiger partial charge >= 0.3 is 5.97 Å². The summed E-state index contributed by atoms with van der Waals surface area (Å²) < 4.78 is 7.48. The van der Waals surface area contributed by atoms with Crippen LogP contribution in [0.1, 0.15) is 0 Å².